The number of amidine groups is 1. The quantitative estimate of drug-likeness (QED) is 0.620. The third-order valence-electron chi connectivity index (χ3n) is 2.34. The number of hydrogen-bond acceptors (Lipinski definition) is 3. The molecule has 18 heavy (non-hydrogen) atoms. The Labute approximate surface area is 108 Å². The van der Waals surface area contributed by atoms with Crippen molar-refractivity contribution in [1.29, 1.82) is 0 Å². The molecule has 0 heterocycles. The van der Waals surface area contributed by atoms with Gasteiger partial charge in [-0.1, -0.05) is 30.9 Å². The Morgan fingerprint density at radius 3 is 2.28 bits per heavy atom. The summed E-state index contributed by atoms with van der Waals surface area (Å²) in [5.41, 5.74) is 0.996. The number of hydrogen-bond donors (Lipinski definition) is 0. The Morgan fingerprint density at radius 2 is 1.83 bits per heavy atom. The van der Waals surface area contributed by atoms with Gasteiger partial charge in [-0.15, -0.1) is 0 Å². The van der Waals surface area contributed by atoms with Crippen LogP contribution in [0.4, 0.5) is 0 Å². The van der Waals surface area contributed by atoms with Gasteiger partial charge in [-0.2, -0.15) is 0 Å². The summed E-state index contributed by atoms with van der Waals surface area (Å²) in [5, 5.41) is 0. The van der Waals surface area contributed by atoms with Crippen molar-refractivity contribution in [2.75, 3.05) is 0 Å². The van der Waals surface area contributed by atoms with Gasteiger partial charge >= 0.3 is 0 Å². The summed E-state index contributed by atoms with van der Waals surface area (Å²) in [6, 6.07) is 6.60. The van der Waals surface area contributed by atoms with Gasteiger partial charge in [-0.3, -0.25) is 0 Å². The van der Waals surface area contributed by atoms with Crippen molar-refractivity contribution >= 4 is 15.9 Å². The maximum absolute atomic E-state index is 12.3. The first-order valence-electron chi connectivity index (χ1n) is 5.32. The summed E-state index contributed by atoms with van der Waals surface area (Å²) < 4.78 is 25.7. The molecule has 1 aromatic carbocycles. The maximum atomic E-state index is 12.3. The fraction of sp³-hybridized carbons (Fsp3) is 0.154. The molecule has 1 rings (SSSR count). The predicted octanol–water partition coefficient (Wildman–Crippen LogP) is 2.69. The van der Waals surface area contributed by atoms with Crippen molar-refractivity contribution in [2.45, 2.75) is 18.7 Å². The largest absolute Gasteiger partial charge is 0.269 e. The minimum atomic E-state index is -3.65. The zero-order valence-corrected chi connectivity index (χ0v) is 11.3. The number of nitrogens with zero attached hydrogens (tertiary/aromatic N) is 2. The average molecular weight is 264 g/mol. The van der Waals surface area contributed by atoms with E-state index >= 15 is 0 Å². The molecule has 0 aromatic heterocycles. The topological polar surface area (TPSA) is 49.7 Å². The Kier molecular flexibility index (Phi) is 4.44. The van der Waals surface area contributed by atoms with Gasteiger partial charge in [0.05, 0.1) is 4.90 Å². The smallest absolute Gasteiger partial charge is 0.243 e. The van der Waals surface area contributed by atoms with E-state index in [1.54, 1.807) is 31.2 Å². The first-order chi connectivity index (χ1) is 8.43. The summed E-state index contributed by atoms with van der Waals surface area (Å²) in [7, 11) is -3.65. The summed E-state index contributed by atoms with van der Waals surface area (Å²) >= 11 is 0. The van der Waals surface area contributed by atoms with Crippen molar-refractivity contribution in [2.24, 2.45) is 4.99 Å². The molecule has 0 saturated carbocycles. The van der Waals surface area contributed by atoms with E-state index in [0.717, 1.165) is 9.87 Å². The van der Waals surface area contributed by atoms with Crippen molar-refractivity contribution < 1.29 is 8.42 Å². The van der Waals surface area contributed by atoms with E-state index in [9.17, 15) is 8.42 Å². The van der Waals surface area contributed by atoms with Crippen LogP contribution >= 0.6 is 0 Å². The lowest BCUT2D eigenvalue weighted by Crippen LogP contribution is -2.30. The first-order valence-corrected chi connectivity index (χ1v) is 6.76. The van der Waals surface area contributed by atoms with Gasteiger partial charge in [0.15, 0.2) is 0 Å². The highest BCUT2D eigenvalue weighted by molar-refractivity contribution is 7.89. The molecular weight excluding hydrogens is 248 g/mol. The highest BCUT2D eigenvalue weighted by Gasteiger charge is 2.22. The SMILES string of the molecule is C=CN=C(C)N(C=C)S(=O)(=O)c1ccc(C)cc1. The third-order valence-corrected chi connectivity index (χ3v) is 4.14. The Morgan fingerprint density at radius 1 is 1.28 bits per heavy atom. The van der Waals surface area contributed by atoms with Crippen molar-refractivity contribution in [3.05, 3.63) is 55.4 Å². The van der Waals surface area contributed by atoms with Crippen LogP contribution in [-0.2, 0) is 10.0 Å². The maximum Gasteiger partial charge on any atom is 0.269 e. The van der Waals surface area contributed by atoms with Gasteiger partial charge < -0.3 is 0 Å². The van der Waals surface area contributed by atoms with Crippen molar-refractivity contribution in [3.63, 3.8) is 0 Å². The summed E-state index contributed by atoms with van der Waals surface area (Å²) in [6.45, 7) is 10.4. The zero-order valence-electron chi connectivity index (χ0n) is 10.5. The van der Waals surface area contributed by atoms with Crippen LogP contribution in [0.2, 0.25) is 0 Å². The molecule has 0 unspecified atom stereocenters. The predicted molar refractivity (Wildman–Crippen MR) is 73.7 cm³/mol. The molecule has 96 valence electrons. The lowest BCUT2D eigenvalue weighted by Gasteiger charge is -2.19. The van der Waals surface area contributed by atoms with Crippen LogP contribution in [-0.4, -0.2) is 18.6 Å². The normalized spacial score (nSPS) is 12.0. The number of sulfonamides is 1. The molecule has 0 amide bonds. The molecule has 0 atom stereocenters. The minimum absolute atomic E-state index is 0.201. The Balaban J connectivity index is 3.27. The van der Waals surface area contributed by atoms with Crippen LogP contribution in [0.25, 0.3) is 0 Å². The molecule has 0 spiro atoms. The average Bonchev–Trinajstić information content (AvgIpc) is 2.30. The lowest BCUT2D eigenvalue weighted by molar-refractivity contribution is 0.562. The molecule has 0 fully saturated rings. The highest BCUT2D eigenvalue weighted by atomic mass is 32.2. The van der Waals surface area contributed by atoms with Gasteiger partial charge in [0.2, 0.25) is 0 Å². The third kappa shape index (κ3) is 2.87. The molecule has 0 bridgehead atoms. The fourth-order valence-electron chi connectivity index (χ4n) is 1.42. The first kappa shape index (κ1) is 14.2. The van der Waals surface area contributed by atoms with Crippen LogP contribution in [0.15, 0.2) is 59.7 Å². The molecule has 1 aromatic rings. The molecule has 0 saturated heterocycles. The number of rotatable bonds is 4. The molecule has 0 aliphatic carbocycles. The standard InChI is InChI=1S/C13H16N2O2S/c1-5-14-12(4)15(6-2)18(16,17)13-9-7-11(3)8-10-13/h5-10H,1-2H2,3-4H3. The van der Waals surface area contributed by atoms with E-state index in [4.69, 9.17) is 0 Å². The molecular formula is C13H16N2O2S. The summed E-state index contributed by atoms with van der Waals surface area (Å²) in [6.07, 6.45) is 2.51. The number of aliphatic imine (C=N–C) groups is 1. The number of benzene rings is 1. The van der Waals surface area contributed by atoms with Crippen molar-refractivity contribution in [1.82, 2.24) is 4.31 Å². The highest BCUT2D eigenvalue weighted by Crippen LogP contribution is 2.17. The van der Waals surface area contributed by atoms with Crippen LogP contribution < -0.4 is 0 Å². The van der Waals surface area contributed by atoms with E-state index in [-0.39, 0.29) is 4.90 Å². The monoisotopic (exact) mass is 264 g/mol. The van der Waals surface area contributed by atoms with E-state index in [0.29, 0.717) is 5.84 Å². The molecule has 0 N–H and O–H groups in total. The summed E-state index contributed by atoms with van der Waals surface area (Å²) in [4.78, 5) is 4.06. The fourth-order valence-corrected chi connectivity index (χ4v) is 2.72. The Hall–Kier alpha value is -1.88. The molecule has 0 aliphatic rings. The molecule has 0 radical (unpaired) electrons. The molecule has 0 aliphatic heterocycles. The van der Waals surface area contributed by atoms with Crippen molar-refractivity contribution in [3.8, 4) is 0 Å². The van der Waals surface area contributed by atoms with Crippen LogP contribution in [0.5, 0.6) is 0 Å². The van der Waals surface area contributed by atoms with Crippen LogP contribution in [0.1, 0.15) is 12.5 Å². The lowest BCUT2D eigenvalue weighted by atomic mass is 10.2. The Bertz CT molecular complexity index is 572. The second kappa shape index (κ2) is 5.64. The van der Waals surface area contributed by atoms with Gasteiger partial charge in [0.1, 0.15) is 5.84 Å². The number of aryl methyl sites for hydroxylation is 1. The molecule has 5 heteroatoms. The summed E-state index contributed by atoms with van der Waals surface area (Å²) in [5.74, 6) is 0.292. The van der Waals surface area contributed by atoms with E-state index in [2.05, 4.69) is 18.2 Å². The van der Waals surface area contributed by atoms with E-state index in [1.165, 1.54) is 12.4 Å². The second-order valence-corrected chi connectivity index (χ2v) is 5.47. The zero-order chi connectivity index (χ0) is 13.8. The van der Waals surface area contributed by atoms with Gasteiger partial charge in [-0.25, -0.2) is 17.7 Å². The molecule has 4 nitrogen and oxygen atoms in total. The van der Waals surface area contributed by atoms with Crippen LogP contribution in [0.3, 0.4) is 0 Å². The van der Waals surface area contributed by atoms with Gasteiger partial charge in [0, 0.05) is 12.4 Å². The van der Waals surface area contributed by atoms with Gasteiger partial charge in [0.25, 0.3) is 10.0 Å². The minimum Gasteiger partial charge on any atom is -0.243 e. The van der Waals surface area contributed by atoms with Crippen LogP contribution in [0, 0.1) is 6.92 Å². The van der Waals surface area contributed by atoms with E-state index in [1.807, 2.05) is 6.92 Å². The van der Waals surface area contributed by atoms with Gasteiger partial charge in [-0.05, 0) is 26.0 Å². The van der Waals surface area contributed by atoms with E-state index < -0.39 is 10.0 Å². The second-order valence-electron chi connectivity index (χ2n) is 3.66.